The molecule has 0 bridgehead atoms. The number of pyridine rings is 1. The molecular weight excluding hydrogens is 376 g/mol. The molecule has 0 radical (unpaired) electrons. The van der Waals surface area contributed by atoms with E-state index < -0.39 is 17.8 Å². The number of aromatic nitrogens is 1. The molecule has 2 atom stereocenters. The van der Waals surface area contributed by atoms with Crippen LogP contribution >= 0.6 is 0 Å². The number of nitrogens with one attached hydrogen (secondary N) is 1. The van der Waals surface area contributed by atoms with E-state index >= 15 is 0 Å². The largest absolute Gasteiger partial charge is 0.460 e. The van der Waals surface area contributed by atoms with Crippen LogP contribution in [0.15, 0.2) is 78.4 Å². The average molecular weight is 402 g/mol. The van der Waals surface area contributed by atoms with Crippen molar-refractivity contribution in [1.29, 1.82) is 0 Å². The van der Waals surface area contributed by atoms with E-state index in [1.807, 2.05) is 42.5 Å². The van der Waals surface area contributed by atoms with Crippen LogP contribution in [0.1, 0.15) is 43.7 Å². The van der Waals surface area contributed by atoms with E-state index in [4.69, 9.17) is 4.74 Å². The van der Waals surface area contributed by atoms with E-state index in [0.29, 0.717) is 17.7 Å². The van der Waals surface area contributed by atoms with Gasteiger partial charge < -0.3 is 10.1 Å². The maximum absolute atomic E-state index is 13.2. The molecule has 5 nitrogen and oxygen atoms in total. The minimum Gasteiger partial charge on any atom is -0.460 e. The third-order valence-electron chi connectivity index (χ3n) is 5.77. The third kappa shape index (κ3) is 3.92. The maximum atomic E-state index is 13.2. The molecule has 0 fully saturated rings. The van der Waals surface area contributed by atoms with E-state index in [0.717, 1.165) is 23.2 Å². The zero-order chi connectivity index (χ0) is 21.3. The number of allylic oxidation sites excluding steroid dienone is 2. The third-order valence-corrected chi connectivity index (χ3v) is 5.77. The monoisotopic (exact) mass is 402 g/mol. The van der Waals surface area contributed by atoms with Gasteiger partial charge in [-0.3, -0.25) is 14.6 Å². The Labute approximate surface area is 176 Å². The van der Waals surface area contributed by atoms with Gasteiger partial charge in [0.2, 0.25) is 0 Å². The summed E-state index contributed by atoms with van der Waals surface area (Å²) in [6.07, 6.45) is 4.58. The molecule has 1 aliphatic carbocycles. The number of hydrogen-bond acceptors (Lipinski definition) is 5. The lowest BCUT2D eigenvalue weighted by Crippen LogP contribution is -2.43. The second-order valence-electron chi connectivity index (χ2n) is 8.82. The van der Waals surface area contributed by atoms with E-state index in [2.05, 4.69) is 30.7 Å². The molecule has 30 heavy (non-hydrogen) atoms. The van der Waals surface area contributed by atoms with Crippen LogP contribution in [0, 0.1) is 11.3 Å². The van der Waals surface area contributed by atoms with Crippen LogP contribution in [0.4, 0.5) is 0 Å². The van der Waals surface area contributed by atoms with Gasteiger partial charge in [0.1, 0.15) is 12.5 Å². The molecule has 1 N–H and O–H groups in total. The highest BCUT2D eigenvalue weighted by Crippen LogP contribution is 2.48. The second kappa shape index (κ2) is 7.90. The first-order valence-corrected chi connectivity index (χ1v) is 10.2. The van der Waals surface area contributed by atoms with Crippen molar-refractivity contribution >= 4 is 11.8 Å². The fourth-order valence-corrected chi connectivity index (χ4v) is 4.46. The summed E-state index contributed by atoms with van der Waals surface area (Å²) in [6.45, 7) is 8.47. The van der Waals surface area contributed by atoms with Gasteiger partial charge in [0, 0.05) is 41.7 Å². The van der Waals surface area contributed by atoms with Crippen LogP contribution in [0.3, 0.4) is 0 Å². The number of carbonyl (C=O) groups excluding carboxylic acids is 2. The lowest BCUT2D eigenvalue weighted by atomic mass is 9.66. The summed E-state index contributed by atoms with van der Waals surface area (Å²) >= 11 is 0. The highest BCUT2D eigenvalue weighted by molar-refractivity contribution is 6.00. The number of Topliss-reactive ketones (excluding diaryl/α,β-unsaturated/α-hetero) is 1. The first-order chi connectivity index (χ1) is 14.4. The summed E-state index contributed by atoms with van der Waals surface area (Å²) in [5, 5.41) is 3.28. The van der Waals surface area contributed by atoms with Crippen LogP contribution in [0.2, 0.25) is 0 Å². The molecule has 4 rings (SSSR count). The molecule has 2 aliphatic rings. The Morgan fingerprint density at radius 2 is 1.97 bits per heavy atom. The number of nitrogens with zero attached hydrogens (tertiary/aromatic N) is 1. The van der Waals surface area contributed by atoms with Crippen molar-refractivity contribution in [3.05, 3.63) is 89.5 Å². The van der Waals surface area contributed by atoms with Gasteiger partial charge >= 0.3 is 5.97 Å². The molecule has 5 heteroatoms. The minimum atomic E-state index is -0.693. The fourth-order valence-electron chi connectivity index (χ4n) is 4.46. The van der Waals surface area contributed by atoms with Gasteiger partial charge in [0.25, 0.3) is 0 Å². The first-order valence-electron chi connectivity index (χ1n) is 10.2. The first kappa shape index (κ1) is 20.1. The second-order valence-corrected chi connectivity index (χ2v) is 8.82. The lowest BCUT2D eigenvalue weighted by molar-refractivity contribution is -0.149. The predicted molar refractivity (Wildman–Crippen MR) is 114 cm³/mol. The zero-order valence-electron chi connectivity index (χ0n) is 17.4. The van der Waals surface area contributed by atoms with Gasteiger partial charge in [-0.05, 0) is 29.0 Å². The molecule has 1 aromatic carbocycles. The van der Waals surface area contributed by atoms with Gasteiger partial charge in [-0.25, -0.2) is 0 Å². The molecular formula is C25H26N2O3. The van der Waals surface area contributed by atoms with Crippen molar-refractivity contribution in [2.75, 3.05) is 0 Å². The molecule has 2 heterocycles. The van der Waals surface area contributed by atoms with Crippen molar-refractivity contribution in [2.45, 2.75) is 39.2 Å². The summed E-state index contributed by atoms with van der Waals surface area (Å²) in [7, 11) is 0. The van der Waals surface area contributed by atoms with Crippen LogP contribution in [-0.2, 0) is 20.9 Å². The molecule has 2 aromatic rings. The molecule has 1 aliphatic heterocycles. The number of ketones is 1. The van der Waals surface area contributed by atoms with Crippen LogP contribution in [0.5, 0.6) is 0 Å². The number of ether oxygens (including phenoxy) is 1. The molecule has 0 amide bonds. The van der Waals surface area contributed by atoms with E-state index in [1.165, 1.54) is 0 Å². The Hall–Kier alpha value is -3.21. The number of benzene rings is 1. The van der Waals surface area contributed by atoms with Gasteiger partial charge in [0.05, 0.1) is 0 Å². The van der Waals surface area contributed by atoms with Gasteiger partial charge in [-0.2, -0.15) is 0 Å². The minimum absolute atomic E-state index is 0.0657. The Morgan fingerprint density at radius 3 is 2.67 bits per heavy atom. The highest BCUT2D eigenvalue weighted by Gasteiger charge is 2.46. The molecule has 1 aromatic heterocycles. The maximum Gasteiger partial charge on any atom is 0.316 e. The summed E-state index contributed by atoms with van der Waals surface area (Å²) < 4.78 is 5.65. The smallest absolute Gasteiger partial charge is 0.316 e. The number of rotatable bonds is 4. The van der Waals surface area contributed by atoms with Crippen LogP contribution in [-0.4, -0.2) is 16.7 Å². The topological polar surface area (TPSA) is 68.3 Å². The van der Waals surface area contributed by atoms with E-state index in [9.17, 15) is 9.59 Å². The van der Waals surface area contributed by atoms with Gasteiger partial charge in [-0.1, -0.05) is 56.8 Å². The van der Waals surface area contributed by atoms with Crippen molar-refractivity contribution in [3.63, 3.8) is 0 Å². The van der Waals surface area contributed by atoms with Gasteiger partial charge in [0.15, 0.2) is 5.78 Å². The van der Waals surface area contributed by atoms with Gasteiger partial charge in [-0.15, -0.1) is 0 Å². The Kier molecular flexibility index (Phi) is 5.29. The van der Waals surface area contributed by atoms with Crippen molar-refractivity contribution in [3.8, 4) is 0 Å². The van der Waals surface area contributed by atoms with E-state index in [1.54, 1.807) is 12.4 Å². The molecule has 0 spiro atoms. The molecule has 2 unspecified atom stereocenters. The predicted octanol–water partition coefficient (Wildman–Crippen LogP) is 4.28. The summed E-state index contributed by atoms with van der Waals surface area (Å²) in [5.41, 5.74) is 3.68. The normalized spacial score (nSPS) is 22.9. The van der Waals surface area contributed by atoms with Crippen molar-refractivity contribution in [2.24, 2.45) is 11.3 Å². The van der Waals surface area contributed by atoms with Crippen LogP contribution in [0.25, 0.3) is 0 Å². The lowest BCUT2D eigenvalue weighted by Gasteiger charge is -2.42. The number of hydrogen-bond donors (Lipinski definition) is 1. The SMILES string of the molecule is C=C1NC2=C(C(=O)CC(C)(C)C2)C(c2cccnc2)C1C(=O)OCc1ccccc1. The zero-order valence-corrected chi connectivity index (χ0v) is 17.4. The van der Waals surface area contributed by atoms with Crippen molar-refractivity contribution < 1.29 is 14.3 Å². The molecule has 0 saturated carbocycles. The van der Waals surface area contributed by atoms with Crippen LogP contribution < -0.4 is 5.32 Å². The Balaban J connectivity index is 1.70. The Morgan fingerprint density at radius 1 is 1.20 bits per heavy atom. The summed E-state index contributed by atoms with van der Waals surface area (Å²) in [6, 6.07) is 13.3. The number of carbonyl (C=O) groups is 2. The van der Waals surface area contributed by atoms with E-state index in [-0.39, 0.29) is 17.8 Å². The highest BCUT2D eigenvalue weighted by atomic mass is 16.5. The quantitative estimate of drug-likeness (QED) is 0.773. The Bertz CT molecular complexity index is 1010. The molecule has 0 saturated heterocycles. The number of esters is 1. The fraction of sp³-hybridized carbons (Fsp3) is 0.320. The standard InChI is InChI=1S/C25H26N2O3/c1-16-21(24(29)30-15-17-8-5-4-6-9-17)22(18-10-7-11-26-14-18)23-19(27-16)12-25(2,3)13-20(23)28/h4-11,14,21-22,27H,1,12-13,15H2,2-3H3. The summed E-state index contributed by atoms with van der Waals surface area (Å²) in [5.74, 6) is -1.47. The summed E-state index contributed by atoms with van der Waals surface area (Å²) in [4.78, 5) is 30.6. The molecule has 154 valence electrons. The average Bonchev–Trinajstić information content (AvgIpc) is 2.71. The van der Waals surface area contributed by atoms with Crippen molar-refractivity contribution in [1.82, 2.24) is 10.3 Å².